The van der Waals surface area contributed by atoms with Crippen LogP contribution >= 0.6 is 11.8 Å². The van der Waals surface area contributed by atoms with E-state index in [0.29, 0.717) is 19.7 Å². The van der Waals surface area contributed by atoms with Gasteiger partial charge in [-0.1, -0.05) is 79.7 Å². The van der Waals surface area contributed by atoms with Crippen LogP contribution in [0.1, 0.15) is 49.8 Å². The lowest BCUT2D eigenvalue weighted by Gasteiger charge is -2.42. The summed E-state index contributed by atoms with van der Waals surface area (Å²) in [7, 11) is 0. The van der Waals surface area contributed by atoms with Gasteiger partial charge in [0.15, 0.2) is 0 Å². The minimum atomic E-state index is -0.860. The van der Waals surface area contributed by atoms with Crippen molar-refractivity contribution in [1.82, 2.24) is 9.80 Å². The van der Waals surface area contributed by atoms with Gasteiger partial charge in [0.1, 0.15) is 6.04 Å². The van der Waals surface area contributed by atoms with Crippen LogP contribution in [0.25, 0.3) is 0 Å². The van der Waals surface area contributed by atoms with Gasteiger partial charge in [-0.15, -0.1) is 24.9 Å². The Kier molecular flexibility index (Phi) is 9.77. The van der Waals surface area contributed by atoms with Gasteiger partial charge in [-0.05, 0) is 42.7 Å². The summed E-state index contributed by atoms with van der Waals surface area (Å²) in [5.41, 5.74) is 1.72. The summed E-state index contributed by atoms with van der Waals surface area (Å²) >= 11 is 1.62. The van der Waals surface area contributed by atoms with E-state index in [1.807, 2.05) is 66.7 Å². The van der Waals surface area contributed by atoms with Crippen LogP contribution in [0, 0.1) is 17.8 Å². The number of thioether (sulfide) groups is 1. The Labute approximate surface area is 259 Å². The fourth-order valence-electron chi connectivity index (χ4n) is 7.40. The fourth-order valence-corrected chi connectivity index (χ4v) is 9.79. The van der Waals surface area contributed by atoms with Crippen molar-refractivity contribution in [3.05, 3.63) is 97.1 Å². The fraction of sp³-hybridized carbons (Fsp3) is 0.457. The van der Waals surface area contributed by atoms with E-state index >= 15 is 0 Å². The molecule has 3 saturated heterocycles. The lowest BCUT2D eigenvalue weighted by molar-refractivity contribution is -0.155. The lowest BCUT2D eigenvalue weighted by atomic mass is 9.66. The molecule has 5 rings (SSSR count). The highest BCUT2D eigenvalue weighted by molar-refractivity contribution is 8.02. The number of ether oxygens (including phenoxy) is 1. The highest BCUT2D eigenvalue weighted by Crippen LogP contribution is 2.69. The number of hydrogen-bond donors (Lipinski definition) is 1. The summed E-state index contributed by atoms with van der Waals surface area (Å²) in [5, 5.41) is 10.6. The average molecular weight is 603 g/mol. The van der Waals surface area contributed by atoms with E-state index in [4.69, 9.17) is 4.74 Å². The summed E-state index contributed by atoms with van der Waals surface area (Å²) in [5.74, 6) is -2.14. The van der Waals surface area contributed by atoms with Crippen LogP contribution in [0.4, 0.5) is 0 Å². The molecule has 0 radical (unpaired) electrons. The number of fused-ring (bicyclic) bond motifs is 1. The van der Waals surface area contributed by atoms with Crippen LogP contribution in [0.2, 0.25) is 0 Å². The molecule has 3 fully saturated rings. The normalized spacial score (nSPS) is 27.9. The van der Waals surface area contributed by atoms with Gasteiger partial charge < -0.3 is 19.6 Å². The van der Waals surface area contributed by atoms with Gasteiger partial charge in [0.25, 0.3) is 0 Å². The minimum absolute atomic E-state index is 0.00413. The molecule has 43 heavy (non-hydrogen) atoms. The van der Waals surface area contributed by atoms with E-state index in [2.05, 4.69) is 20.1 Å². The number of carbonyl (C=O) groups excluding carboxylic acids is 3. The molecule has 2 bridgehead atoms. The molecule has 2 aromatic carbocycles. The first-order valence-electron chi connectivity index (χ1n) is 15.3. The molecule has 1 N–H and O–H groups in total. The molecule has 0 aromatic heterocycles. The standard InChI is InChI=1S/C35H42N2O5S/c1-4-6-7-14-20-42-34(41)29-28-21-24(3)35(43-28)30(29)32(39)37(27(23-38)26-17-12-9-13-18-26)31(35)33(40)36(19-5-2)22-25-15-10-8-11-16-25/h4-5,8-13,15-18,24,27-31,38H,1-2,6-7,14,19-23H2,3H3/t24?,27-,28+,29-,30+,31?,35?/m1/s1. The van der Waals surface area contributed by atoms with E-state index in [-0.39, 0.29) is 35.6 Å². The number of aliphatic hydroxyl groups is 1. The number of benzene rings is 2. The zero-order valence-electron chi connectivity index (χ0n) is 24.8. The average Bonchev–Trinajstić information content (AvgIpc) is 3.62. The van der Waals surface area contributed by atoms with Crippen molar-refractivity contribution in [2.75, 3.05) is 19.8 Å². The first kappa shape index (κ1) is 31.1. The molecular weight excluding hydrogens is 560 g/mol. The van der Waals surface area contributed by atoms with Crippen LogP contribution in [0.15, 0.2) is 86.0 Å². The number of allylic oxidation sites excluding steroid dienone is 1. The summed E-state index contributed by atoms with van der Waals surface area (Å²) in [6.07, 6.45) is 6.73. The molecule has 0 saturated carbocycles. The zero-order valence-corrected chi connectivity index (χ0v) is 25.7. The van der Waals surface area contributed by atoms with Crippen molar-refractivity contribution >= 4 is 29.5 Å². The van der Waals surface area contributed by atoms with Crippen molar-refractivity contribution in [2.45, 2.75) is 61.2 Å². The number of aliphatic hydroxyl groups excluding tert-OH is 1. The van der Waals surface area contributed by atoms with Gasteiger partial charge in [0.2, 0.25) is 11.8 Å². The molecule has 2 amide bonds. The van der Waals surface area contributed by atoms with Crippen molar-refractivity contribution in [1.29, 1.82) is 0 Å². The van der Waals surface area contributed by atoms with Gasteiger partial charge in [-0.25, -0.2) is 0 Å². The lowest BCUT2D eigenvalue weighted by Crippen LogP contribution is -2.57. The molecule has 0 aliphatic carbocycles. The van der Waals surface area contributed by atoms with E-state index in [9.17, 15) is 19.5 Å². The van der Waals surface area contributed by atoms with Crippen LogP contribution in [0.5, 0.6) is 0 Å². The third-order valence-corrected chi connectivity index (χ3v) is 11.4. The van der Waals surface area contributed by atoms with Gasteiger partial charge in [-0.3, -0.25) is 14.4 Å². The molecule has 7 nitrogen and oxygen atoms in total. The largest absolute Gasteiger partial charge is 0.465 e. The number of amides is 2. The topological polar surface area (TPSA) is 87.2 Å². The smallest absolute Gasteiger partial charge is 0.310 e. The molecule has 3 aliphatic heterocycles. The second-order valence-corrected chi connectivity index (χ2v) is 13.4. The zero-order chi connectivity index (χ0) is 30.6. The second kappa shape index (κ2) is 13.5. The molecular formula is C35H42N2O5S. The van der Waals surface area contributed by atoms with Crippen molar-refractivity contribution in [3.8, 4) is 0 Å². The molecule has 8 heteroatoms. The highest BCUT2D eigenvalue weighted by atomic mass is 32.2. The van der Waals surface area contributed by atoms with Crippen molar-refractivity contribution < 1.29 is 24.2 Å². The first-order valence-corrected chi connectivity index (χ1v) is 16.1. The van der Waals surface area contributed by atoms with Crippen LogP contribution in [0.3, 0.4) is 0 Å². The second-order valence-electron chi connectivity index (χ2n) is 11.9. The maximum Gasteiger partial charge on any atom is 0.310 e. The Morgan fingerprint density at radius 2 is 1.81 bits per heavy atom. The molecule has 3 unspecified atom stereocenters. The Morgan fingerprint density at radius 1 is 1.12 bits per heavy atom. The van der Waals surface area contributed by atoms with E-state index in [1.165, 1.54) is 0 Å². The third kappa shape index (κ3) is 5.67. The van der Waals surface area contributed by atoms with E-state index in [0.717, 1.165) is 36.8 Å². The van der Waals surface area contributed by atoms with Crippen molar-refractivity contribution in [3.63, 3.8) is 0 Å². The van der Waals surface area contributed by atoms with E-state index in [1.54, 1.807) is 27.6 Å². The van der Waals surface area contributed by atoms with Gasteiger partial charge >= 0.3 is 5.97 Å². The predicted molar refractivity (Wildman–Crippen MR) is 169 cm³/mol. The summed E-state index contributed by atoms with van der Waals surface area (Å²) < 4.78 is 4.95. The molecule has 7 atom stereocenters. The summed E-state index contributed by atoms with van der Waals surface area (Å²) in [6.45, 7) is 10.4. The number of unbranched alkanes of at least 4 members (excludes halogenated alkanes) is 2. The Morgan fingerprint density at radius 3 is 2.47 bits per heavy atom. The van der Waals surface area contributed by atoms with Gasteiger partial charge in [-0.2, -0.15) is 0 Å². The summed E-state index contributed by atoms with van der Waals surface area (Å²) in [6, 6.07) is 17.5. The number of carbonyl (C=O) groups is 3. The van der Waals surface area contributed by atoms with E-state index < -0.39 is 28.7 Å². The Balaban J connectivity index is 1.55. The van der Waals surface area contributed by atoms with Gasteiger partial charge in [0.05, 0.1) is 35.8 Å². The minimum Gasteiger partial charge on any atom is -0.465 e. The molecule has 3 aliphatic rings. The van der Waals surface area contributed by atoms with Crippen LogP contribution in [-0.2, 0) is 25.7 Å². The maximum absolute atomic E-state index is 14.8. The molecule has 1 spiro atoms. The van der Waals surface area contributed by atoms with Gasteiger partial charge in [0, 0.05) is 18.3 Å². The van der Waals surface area contributed by atoms with Crippen LogP contribution < -0.4 is 0 Å². The number of esters is 1. The van der Waals surface area contributed by atoms with Crippen molar-refractivity contribution in [2.24, 2.45) is 17.8 Å². The summed E-state index contributed by atoms with van der Waals surface area (Å²) in [4.78, 5) is 46.5. The third-order valence-electron chi connectivity index (χ3n) is 9.31. The number of hydrogen-bond acceptors (Lipinski definition) is 6. The number of likely N-dealkylation sites (tertiary alicyclic amines) is 1. The molecule has 228 valence electrons. The van der Waals surface area contributed by atoms with Crippen LogP contribution in [-0.4, -0.2) is 68.5 Å². The Bertz CT molecular complexity index is 1320. The quantitative estimate of drug-likeness (QED) is 0.182. The first-order chi connectivity index (χ1) is 20.9. The monoisotopic (exact) mass is 602 g/mol. The Hall–Kier alpha value is -3.36. The predicted octanol–water partition coefficient (Wildman–Crippen LogP) is 5.17. The SMILES string of the molecule is C=CCCCCOC(=O)[C@@H]1[C@@H]2CC(C)C3(S2)C(C(=O)N(CC=C)Cc2ccccc2)N([C@H](CO)c2ccccc2)C(=O)[C@H]13. The molecule has 3 heterocycles. The maximum atomic E-state index is 14.8. The highest BCUT2D eigenvalue weighted by Gasteiger charge is 2.77. The molecule has 2 aromatic rings. The number of nitrogens with zero attached hydrogens (tertiary/aromatic N) is 2. The number of rotatable bonds is 14.